The minimum atomic E-state index is -0.471. The van der Waals surface area contributed by atoms with E-state index in [0.29, 0.717) is 0 Å². The molecule has 4 heteroatoms. The van der Waals surface area contributed by atoms with E-state index in [9.17, 15) is 4.79 Å². The molecule has 0 radical (unpaired) electrons. The van der Waals surface area contributed by atoms with Crippen molar-refractivity contribution in [3.8, 4) is 5.75 Å². The number of hydrogen-bond donors (Lipinski definition) is 1. The standard InChI is InChI=1S/C18H28N2O2/c1-13(17(21)20(5)15-9-10-19-12-15)22-16-8-6-7-14(11-16)18(2,3)4/h6-8,11,13,15,19H,9-10,12H2,1-5H3. The highest BCUT2D eigenvalue weighted by Crippen LogP contribution is 2.26. The molecule has 0 spiro atoms. The lowest BCUT2D eigenvalue weighted by atomic mass is 9.87. The van der Waals surface area contributed by atoms with Gasteiger partial charge in [-0.3, -0.25) is 4.79 Å². The molecule has 1 aliphatic rings. The Morgan fingerprint density at radius 1 is 1.41 bits per heavy atom. The SMILES string of the molecule is CC(Oc1cccc(C(C)(C)C)c1)C(=O)N(C)C1CCNC1. The molecule has 122 valence electrons. The van der Waals surface area contributed by atoms with Gasteiger partial charge >= 0.3 is 0 Å². The average Bonchev–Trinajstić information content (AvgIpc) is 2.99. The van der Waals surface area contributed by atoms with Gasteiger partial charge in [-0.1, -0.05) is 32.9 Å². The lowest BCUT2D eigenvalue weighted by Gasteiger charge is -2.27. The first-order chi connectivity index (χ1) is 10.3. The van der Waals surface area contributed by atoms with E-state index < -0.39 is 6.10 Å². The van der Waals surface area contributed by atoms with Gasteiger partial charge in [0.25, 0.3) is 5.91 Å². The second-order valence-electron chi connectivity index (χ2n) is 7.13. The third-order valence-corrected chi connectivity index (χ3v) is 4.29. The summed E-state index contributed by atoms with van der Waals surface area (Å²) in [5.41, 5.74) is 1.27. The molecule has 1 N–H and O–H groups in total. The van der Waals surface area contributed by atoms with Gasteiger partial charge in [0.05, 0.1) is 0 Å². The average molecular weight is 304 g/mol. The molecule has 0 saturated carbocycles. The Labute approximate surface area is 133 Å². The van der Waals surface area contributed by atoms with Gasteiger partial charge in [0.15, 0.2) is 6.10 Å². The van der Waals surface area contributed by atoms with Gasteiger partial charge < -0.3 is 15.0 Å². The fourth-order valence-electron chi connectivity index (χ4n) is 2.73. The number of carbonyl (C=O) groups is 1. The van der Waals surface area contributed by atoms with Crippen LogP contribution in [0.4, 0.5) is 0 Å². The van der Waals surface area contributed by atoms with E-state index in [2.05, 4.69) is 32.2 Å². The van der Waals surface area contributed by atoms with E-state index in [1.165, 1.54) is 5.56 Å². The predicted octanol–water partition coefficient (Wildman–Crippen LogP) is 2.57. The third kappa shape index (κ3) is 4.01. The molecular formula is C18H28N2O2. The summed E-state index contributed by atoms with van der Waals surface area (Å²) in [6.45, 7) is 10.2. The summed E-state index contributed by atoms with van der Waals surface area (Å²) in [6.07, 6.45) is 0.537. The minimum absolute atomic E-state index is 0.0369. The largest absolute Gasteiger partial charge is 0.481 e. The molecule has 2 rings (SSSR count). The van der Waals surface area contributed by atoms with Crippen molar-refractivity contribution < 1.29 is 9.53 Å². The summed E-state index contributed by atoms with van der Waals surface area (Å²) < 4.78 is 5.88. The number of likely N-dealkylation sites (N-methyl/N-ethyl adjacent to an activating group) is 1. The predicted molar refractivity (Wildman–Crippen MR) is 89.3 cm³/mol. The highest BCUT2D eigenvalue weighted by Gasteiger charge is 2.27. The summed E-state index contributed by atoms with van der Waals surface area (Å²) in [5, 5.41) is 3.29. The lowest BCUT2D eigenvalue weighted by molar-refractivity contribution is -0.138. The van der Waals surface area contributed by atoms with E-state index in [1.54, 1.807) is 0 Å². The lowest BCUT2D eigenvalue weighted by Crippen LogP contribution is -2.44. The van der Waals surface area contributed by atoms with Crippen molar-refractivity contribution in [1.82, 2.24) is 10.2 Å². The first kappa shape index (κ1) is 16.8. The van der Waals surface area contributed by atoms with E-state index in [1.807, 2.05) is 37.1 Å². The molecule has 4 nitrogen and oxygen atoms in total. The molecule has 2 unspecified atom stereocenters. The number of nitrogens with one attached hydrogen (secondary N) is 1. The Bertz CT molecular complexity index is 516. The van der Waals surface area contributed by atoms with Crippen LogP contribution < -0.4 is 10.1 Å². The quantitative estimate of drug-likeness (QED) is 0.929. The summed E-state index contributed by atoms with van der Waals surface area (Å²) in [4.78, 5) is 14.3. The first-order valence-electron chi connectivity index (χ1n) is 8.03. The molecule has 1 aromatic rings. The van der Waals surface area contributed by atoms with Gasteiger partial charge in [0.2, 0.25) is 0 Å². The van der Waals surface area contributed by atoms with Crippen molar-refractivity contribution >= 4 is 5.91 Å². The Morgan fingerprint density at radius 3 is 2.73 bits per heavy atom. The van der Waals surface area contributed by atoms with E-state index in [4.69, 9.17) is 4.74 Å². The van der Waals surface area contributed by atoms with Gasteiger partial charge in [-0.25, -0.2) is 0 Å². The zero-order valence-corrected chi connectivity index (χ0v) is 14.3. The van der Waals surface area contributed by atoms with Crippen LogP contribution in [0.1, 0.15) is 39.7 Å². The molecule has 1 aromatic carbocycles. The molecule has 1 heterocycles. The van der Waals surface area contributed by atoms with E-state index in [-0.39, 0.29) is 17.4 Å². The topological polar surface area (TPSA) is 41.6 Å². The van der Waals surface area contributed by atoms with Crippen molar-refractivity contribution in [2.75, 3.05) is 20.1 Å². The Kier molecular flexibility index (Phi) is 5.12. The third-order valence-electron chi connectivity index (χ3n) is 4.29. The highest BCUT2D eigenvalue weighted by molar-refractivity contribution is 5.81. The zero-order chi connectivity index (χ0) is 16.3. The van der Waals surface area contributed by atoms with Gasteiger partial charge in [-0.2, -0.15) is 0 Å². The fourth-order valence-corrected chi connectivity index (χ4v) is 2.73. The fraction of sp³-hybridized carbons (Fsp3) is 0.611. The number of nitrogens with zero attached hydrogens (tertiary/aromatic N) is 1. The molecule has 1 saturated heterocycles. The Balaban J connectivity index is 2.02. The van der Waals surface area contributed by atoms with Crippen LogP contribution in [0.5, 0.6) is 5.75 Å². The molecule has 1 aliphatic heterocycles. The van der Waals surface area contributed by atoms with Crippen molar-refractivity contribution in [3.05, 3.63) is 29.8 Å². The van der Waals surface area contributed by atoms with Crippen molar-refractivity contribution in [2.45, 2.75) is 51.7 Å². The van der Waals surface area contributed by atoms with Crippen LogP contribution in [-0.2, 0) is 10.2 Å². The molecule has 2 atom stereocenters. The Hall–Kier alpha value is -1.55. The number of benzene rings is 1. The van der Waals surface area contributed by atoms with E-state index >= 15 is 0 Å². The number of rotatable bonds is 4. The normalized spacial score (nSPS) is 19.8. The van der Waals surface area contributed by atoms with Crippen LogP contribution in [0.2, 0.25) is 0 Å². The number of amides is 1. The smallest absolute Gasteiger partial charge is 0.263 e. The maximum Gasteiger partial charge on any atom is 0.263 e. The molecule has 0 aliphatic carbocycles. The van der Waals surface area contributed by atoms with Gasteiger partial charge in [-0.05, 0) is 43.0 Å². The summed E-state index contributed by atoms with van der Waals surface area (Å²) in [6, 6.07) is 8.30. The van der Waals surface area contributed by atoms with Crippen LogP contribution in [0.25, 0.3) is 0 Å². The van der Waals surface area contributed by atoms with Gasteiger partial charge in [0, 0.05) is 19.6 Å². The van der Waals surface area contributed by atoms with Crippen molar-refractivity contribution in [3.63, 3.8) is 0 Å². The number of carbonyl (C=O) groups excluding carboxylic acids is 1. The Morgan fingerprint density at radius 2 is 2.14 bits per heavy atom. The first-order valence-corrected chi connectivity index (χ1v) is 8.03. The molecule has 0 bridgehead atoms. The highest BCUT2D eigenvalue weighted by atomic mass is 16.5. The van der Waals surface area contributed by atoms with Crippen molar-refractivity contribution in [1.29, 1.82) is 0 Å². The van der Waals surface area contributed by atoms with Crippen LogP contribution in [-0.4, -0.2) is 43.1 Å². The zero-order valence-electron chi connectivity index (χ0n) is 14.3. The summed E-state index contributed by atoms with van der Waals surface area (Å²) in [5.74, 6) is 0.793. The van der Waals surface area contributed by atoms with Gasteiger partial charge in [0.1, 0.15) is 5.75 Å². The van der Waals surface area contributed by atoms with Crippen molar-refractivity contribution in [2.24, 2.45) is 0 Å². The van der Waals surface area contributed by atoms with Crippen LogP contribution in [0, 0.1) is 0 Å². The molecular weight excluding hydrogens is 276 g/mol. The maximum absolute atomic E-state index is 12.5. The number of ether oxygens (including phenoxy) is 1. The molecule has 0 aromatic heterocycles. The second-order valence-corrected chi connectivity index (χ2v) is 7.13. The maximum atomic E-state index is 12.5. The monoisotopic (exact) mass is 304 g/mol. The summed E-state index contributed by atoms with van der Waals surface area (Å²) >= 11 is 0. The molecule has 22 heavy (non-hydrogen) atoms. The van der Waals surface area contributed by atoms with E-state index in [0.717, 1.165) is 25.3 Å². The van der Waals surface area contributed by atoms with Crippen LogP contribution in [0.3, 0.4) is 0 Å². The van der Waals surface area contributed by atoms with Gasteiger partial charge in [-0.15, -0.1) is 0 Å². The minimum Gasteiger partial charge on any atom is -0.481 e. The van der Waals surface area contributed by atoms with Crippen LogP contribution >= 0.6 is 0 Å². The number of hydrogen-bond acceptors (Lipinski definition) is 3. The van der Waals surface area contributed by atoms with Crippen LogP contribution in [0.15, 0.2) is 24.3 Å². The molecule has 1 fully saturated rings. The molecule has 1 amide bonds. The summed E-state index contributed by atoms with van der Waals surface area (Å²) in [7, 11) is 1.87. The second kappa shape index (κ2) is 6.69.